The molecular formula is C10H10ClNOS. The lowest BCUT2D eigenvalue weighted by Gasteiger charge is -2.00. The molecule has 1 atom stereocenters. The molecule has 1 aromatic rings. The van der Waals surface area contributed by atoms with Crippen LogP contribution in [0.25, 0.3) is 0 Å². The number of benzene rings is 1. The van der Waals surface area contributed by atoms with Crippen molar-refractivity contribution in [3.63, 3.8) is 0 Å². The normalized spacial score (nSPS) is 12.0. The third kappa shape index (κ3) is 3.91. The summed E-state index contributed by atoms with van der Waals surface area (Å²) in [5, 5.41) is 8.99. The minimum Gasteiger partial charge on any atom is -0.259 e. The van der Waals surface area contributed by atoms with E-state index in [9.17, 15) is 4.21 Å². The molecule has 0 amide bonds. The van der Waals surface area contributed by atoms with Crippen LogP contribution in [0.1, 0.15) is 12.0 Å². The number of hydrogen-bond donors (Lipinski definition) is 0. The molecule has 0 N–H and O–H groups in total. The topological polar surface area (TPSA) is 40.9 Å². The van der Waals surface area contributed by atoms with Crippen LogP contribution in [0.2, 0.25) is 5.02 Å². The summed E-state index contributed by atoms with van der Waals surface area (Å²) in [6, 6.07) is 9.24. The van der Waals surface area contributed by atoms with E-state index < -0.39 is 10.8 Å². The molecule has 74 valence electrons. The van der Waals surface area contributed by atoms with Gasteiger partial charge >= 0.3 is 0 Å². The Morgan fingerprint density at radius 1 is 1.36 bits per heavy atom. The van der Waals surface area contributed by atoms with Crippen LogP contribution in [-0.4, -0.2) is 9.96 Å². The van der Waals surface area contributed by atoms with Crippen LogP contribution in [0.4, 0.5) is 0 Å². The molecule has 0 aliphatic rings. The van der Waals surface area contributed by atoms with E-state index in [0.29, 0.717) is 22.9 Å². The number of halogens is 1. The molecule has 0 aromatic heterocycles. The van der Waals surface area contributed by atoms with Gasteiger partial charge in [-0.2, -0.15) is 5.26 Å². The minimum absolute atomic E-state index is 0.347. The minimum atomic E-state index is -0.943. The predicted molar refractivity (Wildman–Crippen MR) is 58.4 cm³/mol. The first-order chi connectivity index (χ1) is 6.72. The lowest BCUT2D eigenvalue weighted by Crippen LogP contribution is -1.99. The molecule has 1 rings (SSSR count). The number of rotatable bonds is 4. The van der Waals surface area contributed by atoms with Crippen LogP contribution in [-0.2, 0) is 16.6 Å². The predicted octanol–water partition coefficient (Wildman–Crippen LogP) is 2.50. The van der Waals surface area contributed by atoms with Crippen molar-refractivity contribution in [2.24, 2.45) is 0 Å². The smallest absolute Gasteiger partial charge is 0.0631 e. The molecule has 0 saturated heterocycles. The SMILES string of the molecule is N#CCCS(=O)Cc1ccc(Cl)cc1. The molecule has 0 saturated carbocycles. The first-order valence-corrected chi connectivity index (χ1v) is 6.05. The summed E-state index contributed by atoms with van der Waals surface area (Å²) < 4.78 is 11.4. The van der Waals surface area contributed by atoms with E-state index in [1.54, 1.807) is 12.1 Å². The maximum Gasteiger partial charge on any atom is 0.0631 e. The summed E-state index contributed by atoms with van der Waals surface area (Å²) in [6.45, 7) is 0. The highest BCUT2D eigenvalue weighted by Crippen LogP contribution is 2.11. The molecule has 0 aliphatic heterocycles. The zero-order valence-electron chi connectivity index (χ0n) is 7.57. The number of hydrogen-bond acceptors (Lipinski definition) is 2. The largest absolute Gasteiger partial charge is 0.259 e. The van der Waals surface area contributed by atoms with Gasteiger partial charge in [0.25, 0.3) is 0 Å². The highest BCUT2D eigenvalue weighted by Gasteiger charge is 2.01. The van der Waals surface area contributed by atoms with Gasteiger partial charge in [-0.05, 0) is 17.7 Å². The Kier molecular flexibility index (Phi) is 4.64. The van der Waals surface area contributed by atoms with Crippen molar-refractivity contribution in [3.05, 3.63) is 34.9 Å². The van der Waals surface area contributed by atoms with Gasteiger partial charge in [0.05, 0.1) is 6.07 Å². The van der Waals surface area contributed by atoms with E-state index in [2.05, 4.69) is 0 Å². The van der Waals surface area contributed by atoms with Crippen LogP contribution in [0, 0.1) is 11.3 Å². The van der Waals surface area contributed by atoms with Gasteiger partial charge in [0.2, 0.25) is 0 Å². The Bertz CT molecular complexity index is 355. The van der Waals surface area contributed by atoms with Gasteiger partial charge in [0.1, 0.15) is 0 Å². The lowest BCUT2D eigenvalue weighted by molar-refractivity contribution is 0.682. The van der Waals surface area contributed by atoms with Gasteiger partial charge < -0.3 is 0 Å². The Hall–Kier alpha value is -0.850. The van der Waals surface area contributed by atoms with Crippen molar-refractivity contribution < 1.29 is 4.21 Å². The maximum atomic E-state index is 11.4. The quantitative estimate of drug-likeness (QED) is 0.793. The summed E-state index contributed by atoms with van der Waals surface area (Å²) in [5.41, 5.74) is 0.991. The molecule has 2 nitrogen and oxygen atoms in total. The van der Waals surface area contributed by atoms with Gasteiger partial charge in [-0.1, -0.05) is 23.7 Å². The van der Waals surface area contributed by atoms with Crippen molar-refractivity contribution in [2.75, 3.05) is 5.75 Å². The van der Waals surface area contributed by atoms with E-state index in [1.165, 1.54) is 0 Å². The molecule has 0 heterocycles. The molecule has 0 bridgehead atoms. The third-order valence-corrected chi connectivity index (χ3v) is 3.25. The maximum absolute atomic E-state index is 11.4. The molecular weight excluding hydrogens is 218 g/mol. The van der Waals surface area contributed by atoms with Crippen molar-refractivity contribution in [1.29, 1.82) is 5.26 Å². The van der Waals surface area contributed by atoms with Crippen LogP contribution in [0.5, 0.6) is 0 Å². The van der Waals surface area contributed by atoms with Crippen LogP contribution < -0.4 is 0 Å². The van der Waals surface area contributed by atoms with E-state index in [4.69, 9.17) is 16.9 Å². The zero-order valence-corrected chi connectivity index (χ0v) is 9.14. The Labute approximate surface area is 91.0 Å². The Morgan fingerprint density at radius 2 is 2.00 bits per heavy atom. The summed E-state index contributed by atoms with van der Waals surface area (Å²) in [7, 11) is -0.943. The molecule has 14 heavy (non-hydrogen) atoms. The second-order valence-electron chi connectivity index (χ2n) is 2.82. The Balaban J connectivity index is 2.49. The fourth-order valence-electron chi connectivity index (χ4n) is 0.998. The standard InChI is InChI=1S/C10H10ClNOS/c11-10-4-2-9(3-5-10)8-14(13)7-1-6-12/h2-5H,1,7-8H2. The van der Waals surface area contributed by atoms with Crippen LogP contribution >= 0.6 is 11.6 Å². The molecule has 0 fully saturated rings. The summed E-state index contributed by atoms with van der Waals surface area (Å²) in [4.78, 5) is 0. The summed E-state index contributed by atoms with van der Waals surface area (Å²) >= 11 is 5.71. The van der Waals surface area contributed by atoms with Gasteiger partial charge in [0.15, 0.2) is 0 Å². The van der Waals surface area contributed by atoms with Gasteiger partial charge in [-0.15, -0.1) is 0 Å². The highest BCUT2D eigenvalue weighted by molar-refractivity contribution is 7.84. The molecule has 1 unspecified atom stereocenters. The van der Waals surface area contributed by atoms with Gasteiger partial charge in [-0.3, -0.25) is 4.21 Å². The summed E-state index contributed by atoms with van der Waals surface area (Å²) in [6.07, 6.45) is 0.347. The van der Waals surface area contributed by atoms with Crippen LogP contribution in [0.15, 0.2) is 24.3 Å². The average molecular weight is 228 g/mol. The van der Waals surface area contributed by atoms with E-state index in [0.717, 1.165) is 5.56 Å². The third-order valence-electron chi connectivity index (χ3n) is 1.68. The molecule has 0 radical (unpaired) electrons. The molecule has 0 aliphatic carbocycles. The second kappa shape index (κ2) is 5.79. The van der Waals surface area contributed by atoms with E-state index >= 15 is 0 Å². The van der Waals surface area contributed by atoms with Crippen molar-refractivity contribution in [2.45, 2.75) is 12.2 Å². The van der Waals surface area contributed by atoms with Crippen LogP contribution in [0.3, 0.4) is 0 Å². The van der Waals surface area contributed by atoms with E-state index in [1.807, 2.05) is 18.2 Å². The highest BCUT2D eigenvalue weighted by atomic mass is 35.5. The van der Waals surface area contributed by atoms with E-state index in [-0.39, 0.29) is 0 Å². The lowest BCUT2D eigenvalue weighted by atomic mass is 10.2. The average Bonchev–Trinajstić information content (AvgIpc) is 2.18. The van der Waals surface area contributed by atoms with Crippen molar-refractivity contribution in [3.8, 4) is 6.07 Å². The first-order valence-electron chi connectivity index (χ1n) is 4.19. The Morgan fingerprint density at radius 3 is 2.57 bits per heavy atom. The van der Waals surface area contributed by atoms with Crippen molar-refractivity contribution in [1.82, 2.24) is 0 Å². The molecule has 1 aromatic carbocycles. The fraction of sp³-hybridized carbons (Fsp3) is 0.300. The zero-order chi connectivity index (χ0) is 10.4. The molecule has 4 heteroatoms. The van der Waals surface area contributed by atoms with Gasteiger partial charge in [-0.25, -0.2) is 0 Å². The first kappa shape index (κ1) is 11.2. The summed E-state index contributed by atoms with van der Waals surface area (Å²) in [5.74, 6) is 0.942. The van der Waals surface area contributed by atoms with Crippen molar-refractivity contribution >= 4 is 22.4 Å². The molecule has 0 spiro atoms. The number of nitriles is 1. The monoisotopic (exact) mass is 227 g/mol. The number of nitrogens with zero attached hydrogens (tertiary/aromatic N) is 1. The fourth-order valence-corrected chi connectivity index (χ4v) is 2.15. The second-order valence-corrected chi connectivity index (χ2v) is 4.84. The van der Waals surface area contributed by atoms with Gasteiger partial charge in [0, 0.05) is 33.7 Å².